The number of nitrogens with two attached hydrogens (primary N) is 1. The Kier molecular flexibility index (Phi) is 4.70. The van der Waals surface area contributed by atoms with E-state index in [1.807, 2.05) is 47.0 Å². The second kappa shape index (κ2) is 6.14. The quantitative estimate of drug-likeness (QED) is 0.871. The molecule has 1 saturated heterocycles. The normalized spacial score (nSPS) is 19.4. The van der Waals surface area contributed by atoms with Gasteiger partial charge < -0.3 is 10.6 Å². The predicted octanol–water partition coefficient (Wildman–Crippen LogP) is 2.41. The maximum absolute atomic E-state index is 12.8. The molecule has 1 amide bonds. The van der Waals surface area contributed by atoms with Crippen molar-refractivity contribution in [3.8, 4) is 0 Å². The monoisotopic (exact) mass is 308 g/mol. The fourth-order valence-electron chi connectivity index (χ4n) is 2.46. The Hall–Kier alpha value is -1.07. The van der Waals surface area contributed by atoms with Gasteiger partial charge in [-0.05, 0) is 19.4 Å². The maximum Gasteiger partial charge on any atom is 0.237 e. The summed E-state index contributed by atoms with van der Waals surface area (Å²) < 4.78 is 0.0887. The van der Waals surface area contributed by atoms with E-state index in [9.17, 15) is 4.79 Å². The number of carbonyl (C=O) groups excluding carboxylic acids is 1. The van der Waals surface area contributed by atoms with E-state index in [4.69, 9.17) is 18.0 Å². The van der Waals surface area contributed by atoms with Crippen molar-refractivity contribution in [2.24, 2.45) is 5.73 Å². The first-order chi connectivity index (χ1) is 9.41. The molecule has 0 radical (unpaired) electrons. The maximum atomic E-state index is 12.8. The number of carbonyl (C=O) groups is 1. The van der Waals surface area contributed by atoms with E-state index in [1.54, 1.807) is 0 Å². The van der Waals surface area contributed by atoms with Crippen LogP contribution in [0.4, 0.5) is 0 Å². The Bertz CT molecular complexity index is 502. The number of hydrogen-bond acceptors (Lipinski definition) is 3. The summed E-state index contributed by atoms with van der Waals surface area (Å²) in [5.41, 5.74) is 6.70. The molecule has 20 heavy (non-hydrogen) atoms. The third kappa shape index (κ3) is 3.52. The fraction of sp³-hybridized carbons (Fsp3) is 0.467. The van der Waals surface area contributed by atoms with Crippen LogP contribution in [-0.2, 0) is 4.79 Å². The van der Waals surface area contributed by atoms with Gasteiger partial charge in [0.15, 0.2) is 0 Å². The van der Waals surface area contributed by atoms with Crippen molar-refractivity contribution >= 4 is 34.9 Å². The highest BCUT2D eigenvalue weighted by atomic mass is 32.2. The summed E-state index contributed by atoms with van der Waals surface area (Å²) in [5, 5.41) is 0. The number of thioether (sulfide) groups is 1. The molecular formula is C15H20N2OS2. The average molecular weight is 308 g/mol. The molecule has 2 rings (SSSR count). The molecule has 2 N–H and O–H groups in total. The highest BCUT2D eigenvalue weighted by molar-refractivity contribution is 8.00. The van der Waals surface area contributed by atoms with Gasteiger partial charge in [0.2, 0.25) is 5.91 Å². The molecule has 5 heteroatoms. The van der Waals surface area contributed by atoms with Crippen LogP contribution in [0.25, 0.3) is 0 Å². The molecule has 1 heterocycles. The van der Waals surface area contributed by atoms with Crippen LogP contribution < -0.4 is 5.73 Å². The largest absolute Gasteiger partial charge is 0.392 e. The molecular weight excluding hydrogens is 288 g/mol. The van der Waals surface area contributed by atoms with Gasteiger partial charge in [0, 0.05) is 23.6 Å². The molecule has 1 aromatic carbocycles. The number of amides is 1. The summed E-state index contributed by atoms with van der Waals surface area (Å²) in [6, 6.07) is 9.55. The zero-order valence-corrected chi connectivity index (χ0v) is 13.5. The number of rotatable bonds is 3. The lowest BCUT2D eigenvalue weighted by Crippen LogP contribution is -2.49. The van der Waals surface area contributed by atoms with Crippen LogP contribution in [0.3, 0.4) is 0 Å². The lowest BCUT2D eigenvalue weighted by Gasteiger charge is -2.39. The van der Waals surface area contributed by atoms with Crippen molar-refractivity contribution in [3.63, 3.8) is 0 Å². The Labute approximate surface area is 129 Å². The zero-order valence-electron chi connectivity index (χ0n) is 11.8. The van der Waals surface area contributed by atoms with E-state index in [-0.39, 0.29) is 15.6 Å². The second-order valence-corrected chi connectivity index (χ2v) is 7.89. The van der Waals surface area contributed by atoms with Crippen molar-refractivity contribution in [2.75, 3.05) is 18.8 Å². The molecule has 1 aromatic rings. The standard InChI is InChI=1S/C15H20N2OS2/c1-15(2)10-17(8-9-20-15)14(18)12(13(16)19)11-6-4-3-5-7-11/h3-7,12H,8-10H2,1-2H3,(H2,16,19). The van der Waals surface area contributed by atoms with Gasteiger partial charge in [0.25, 0.3) is 0 Å². The van der Waals surface area contributed by atoms with Crippen LogP contribution in [0.5, 0.6) is 0 Å². The molecule has 1 atom stereocenters. The second-order valence-electron chi connectivity index (χ2n) is 5.61. The fourth-order valence-corrected chi connectivity index (χ4v) is 3.81. The molecule has 1 fully saturated rings. The Morgan fingerprint density at radius 2 is 2.05 bits per heavy atom. The first-order valence-electron chi connectivity index (χ1n) is 6.68. The first kappa shape index (κ1) is 15.3. The topological polar surface area (TPSA) is 46.3 Å². The van der Waals surface area contributed by atoms with Crippen molar-refractivity contribution in [1.29, 1.82) is 0 Å². The summed E-state index contributed by atoms with van der Waals surface area (Å²) in [6.07, 6.45) is 0. The van der Waals surface area contributed by atoms with E-state index >= 15 is 0 Å². The summed E-state index contributed by atoms with van der Waals surface area (Å²) in [6.45, 7) is 5.83. The van der Waals surface area contributed by atoms with E-state index in [0.717, 1.165) is 24.4 Å². The molecule has 0 aliphatic carbocycles. The van der Waals surface area contributed by atoms with E-state index < -0.39 is 5.92 Å². The summed E-state index contributed by atoms with van der Waals surface area (Å²) in [5.74, 6) is 0.472. The molecule has 3 nitrogen and oxygen atoms in total. The van der Waals surface area contributed by atoms with Gasteiger partial charge in [-0.15, -0.1) is 0 Å². The third-order valence-electron chi connectivity index (χ3n) is 3.40. The van der Waals surface area contributed by atoms with Crippen molar-refractivity contribution in [1.82, 2.24) is 4.90 Å². The van der Waals surface area contributed by atoms with Gasteiger partial charge in [0.05, 0.1) is 4.99 Å². The number of hydrogen-bond donors (Lipinski definition) is 1. The molecule has 1 aliphatic heterocycles. The Balaban J connectivity index is 2.22. The van der Waals surface area contributed by atoms with Gasteiger partial charge in [-0.25, -0.2) is 0 Å². The summed E-state index contributed by atoms with van der Waals surface area (Å²) >= 11 is 7.03. The third-order valence-corrected chi connectivity index (χ3v) is 4.93. The minimum Gasteiger partial charge on any atom is -0.392 e. The molecule has 0 saturated carbocycles. The van der Waals surface area contributed by atoms with Crippen LogP contribution in [0.15, 0.2) is 30.3 Å². The highest BCUT2D eigenvalue weighted by Crippen LogP contribution is 2.31. The molecule has 1 aliphatic rings. The van der Waals surface area contributed by atoms with Gasteiger partial charge in [0.1, 0.15) is 5.92 Å². The van der Waals surface area contributed by atoms with Gasteiger partial charge >= 0.3 is 0 Å². The van der Waals surface area contributed by atoms with Gasteiger partial charge in [-0.3, -0.25) is 4.79 Å². The van der Waals surface area contributed by atoms with Crippen molar-refractivity contribution < 1.29 is 4.79 Å². The van der Waals surface area contributed by atoms with E-state index in [2.05, 4.69) is 13.8 Å². The predicted molar refractivity (Wildman–Crippen MR) is 89.1 cm³/mol. The Morgan fingerprint density at radius 1 is 1.40 bits per heavy atom. The van der Waals surface area contributed by atoms with Crippen LogP contribution in [0.1, 0.15) is 25.3 Å². The highest BCUT2D eigenvalue weighted by Gasteiger charge is 2.34. The summed E-state index contributed by atoms with van der Waals surface area (Å²) in [4.78, 5) is 14.9. The van der Waals surface area contributed by atoms with Crippen molar-refractivity contribution in [3.05, 3.63) is 35.9 Å². The average Bonchev–Trinajstić information content (AvgIpc) is 2.38. The molecule has 108 valence electrons. The summed E-state index contributed by atoms with van der Waals surface area (Å²) in [7, 11) is 0. The van der Waals surface area contributed by atoms with Crippen LogP contribution in [0.2, 0.25) is 0 Å². The molecule has 1 unspecified atom stereocenters. The molecule has 0 aromatic heterocycles. The van der Waals surface area contributed by atoms with Gasteiger partial charge in [-0.2, -0.15) is 11.8 Å². The number of thiocarbonyl (C=S) groups is 1. The molecule has 0 bridgehead atoms. The van der Waals surface area contributed by atoms with E-state index in [1.165, 1.54) is 0 Å². The van der Waals surface area contributed by atoms with Crippen LogP contribution in [0, 0.1) is 0 Å². The molecule has 0 spiro atoms. The lowest BCUT2D eigenvalue weighted by atomic mass is 9.97. The zero-order chi connectivity index (χ0) is 14.8. The minimum atomic E-state index is -0.509. The van der Waals surface area contributed by atoms with E-state index in [0.29, 0.717) is 0 Å². The first-order valence-corrected chi connectivity index (χ1v) is 8.07. The Morgan fingerprint density at radius 3 is 2.60 bits per heavy atom. The number of benzene rings is 1. The van der Waals surface area contributed by atoms with Crippen LogP contribution in [-0.4, -0.2) is 39.4 Å². The van der Waals surface area contributed by atoms with Crippen molar-refractivity contribution in [2.45, 2.75) is 24.5 Å². The SMILES string of the molecule is CC1(C)CN(C(=O)C(C(N)=S)c2ccccc2)CCS1. The van der Waals surface area contributed by atoms with Gasteiger partial charge in [-0.1, -0.05) is 42.5 Å². The smallest absolute Gasteiger partial charge is 0.237 e. The lowest BCUT2D eigenvalue weighted by molar-refractivity contribution is -0.131. The number of nitrogens with zero attached hydrogens (tertiary/aromatic N) is 1. The minimum absolute atomic E-state index is 0.0251. The van der Waals surface area contributed by atoms with Crippen LogP contribution >= 0.6 is 24.0 Å².